The van der Waals surface area contributed by atoms with Crippen LogP contribution in [0, 0.1) is 5.92 Å². The minimum absolute atomic E-state index is 0.0535. The number of anilines is 2. The summed E-state index contributed by atoms with van der Waals surface area (Å²) in [5.41, 5.74) is 1.42. The summed E-state index contributed by atoms with van der Waals surface area (Å²) in [6.45, 7) is 5.10. The minimum Gasteiger partial charge on any atom is -0.497 e. The summed E-state index contributed by atoms with van der Waals surface area (Å²) in [6.07, 6.45) is 0. The van der Waals surface area contributed by atoms with Crippen molar-refractivity contribution in [3.8, 4) is 11.5 Å². The molecule has 0 fully saturated rings. The molecular formula is C18H24N2O4S. The highest BCUT2D eigenvalue weighted by Gasteiger charge is 2.20. The van der Waals surface area contributed by atoms with Crippen LogP contribution in [0.2, 0.25) is 0 Å². The van der Waals surface area contributed by atoms with Crippen molar-refractivity contribution in [1.82, 2.24) is 0 Å². The van der Waals surface area contributed by atoms with Gasteiger partial charge in [0.2, 0.25) is 0 Å². The molecule has 25 heavy (non-hydrogen) atoms. The SMILES string of the molecule is COc1ccc(S(=O)(=O)Nc2ccc(NCC(C)C)cc2)c(OC)c1. The van der Waals surface area contributed by atoms with Gasteiger partial charge in [0, 0.05) is 24.0 Å². The quantitative estimate of drug-likeness (QED) is 0.749. The van der Waals surface area contributed by atoms with E-state index < -0.39 is 10.0 Å². The highest BCUT2D eigenvalue weighted by Crippen LogP contribution is 2.30. The van der Waals surface area contributed by atoms with E-state index in [-0.39, 0.29) is 10.6 Å². The summed E-state index contributed by atoms with van der Waals surface area (Å²) in [5.74, 6) is 1.28. The predicted octanol–water partition coefficient (Wildman–Crippen LogP) is 3.57. The topological polar surface area (TPSA) is 76.7 Å². The van der Waals surface area contributed by atoms with E-state index in [1.807, 2.05) is 12.1 Å². The molecule has 0 saturated carbocycles. The summed E-state index contributed by atoms with van der Waals surface area (Å²) >= 11 is 0. The molecule has 2 aromatic rings. The molecule has 7 heteroatoms. The number of ether oxygens (including phenoxy) is 2. The first-order valence-corrected chi connectivity index (χ1v) is 9.43. The Hall–Kier alpha value is -2.41. The molecule has 2 N–H and O–H groups in total. The molecule has 0 aromatic heterocycles. The van der Waals surface area contributed by atoms with E-state index in [0.717, 1.165) is 12.2 Å². The van der Waals surface area contributed by atoms with Gasteiger partial charge in [-0.2, -0.15) is 0 Å². The lowest BCUT2D eigenvalue weighted by Gasteiger charge is -2.13. The Labute approximate surface area is 149 Å². The van der Waals surface area contributed by atoms with E-state index in [0.29, 0.717) is 17.4 Å². The molecule has 0 spiro atoms. The summed E-state index contributed by atoms with van der Waals surface area (Å²) < 4.78 is 38.1. The number of rotatable bonds is 8. The van der Waals surface area contributed by atoms with E-state index in [2.05, 4.69) is 23.9 Å². The van der Waals surface area contributed by atoms with Crippen LogP contribution in [0.1, 0.15) is 13.8 Å². The van der Waals surface area contributed by atoms with Gasteiger partial charge in [0.1, 0.15) is 16.4 Å². The maximum atomic E-state index is 12.6. The summed E-state index contributed by atoms with van der Waals surface area (Å²) in [6, 6.07) is 11.7. The Morgan fingerprint density at radius 2 is 1.60 bits per heavy atom. The maximum absolute atomic E-state index is 12.6. The molecule has 2 aromatic carbocycles. The Morgan fingerprint density at radius 3 is 2.16 bits per heavy atom. The van der Waals surface area contributed by atoms with Gasteiger partial charge in [0.25, 0.3) is 10.0 Å². The van der Waals surface area contributed by atoms with Crippen LogP contribution in [0.25, 0.3) is 0 Å². The van der Waals surface area contributed by atoms with Gasteiger partial charge in [-0.1, -0.05) is 13.8 Å². The fraction of sp³-hybridized carbons (Fsp3) is 0.333. The van der Waals surface area contributed by atoms with E-state index in [9.17, 15) is 8.42 Å². The maximum Gasteiger partial charge on any atom is 0.265 e. The lowest BCUT2D eigenvalue weighted by Crippen LogP contribution is -2.14. The lowest BCUT2D eigenvalue weighted by atomic mass is 10.2. The molecule has 0 aliphatic rings. The molecule has 0 unspecified atom stereocenters. The number of sulfonamides is 1. The zero-order valence-corrected chi connectivity index (χ0v) is 15.7. The number of nitrogens with one attached hydrogen (secondary N) is 2. The molecule has 0 heterocycles. The first kappa shape index (κ1) is 18.9. The first-order chi connectivity index (χ1) is 11.9. The summed E-state index contributed by atoms with van der Waals surface area (Å²) in [4.78, 5) is 0.0535. The molecule has 0 aliphatic heterocycles. The third kappa shape index (κ3) is 5.03. The Bertz CT molecular complexity index is 802. The average Bonchev–Trinajstić information content (AvgIpc) is 2.60. The third-order valence-electron chi connectivity index (χ3n) is 3.51. The Morgan fingerprint density at radius 1 is 0.960 bits per heavy atom. The van der Waals surface area contributed by atoms with Crippen LogP contribution in [0.4, 0.5) is 11.4 Å². The van der Waals surface area contributed by atoms with Crippen molar-refractivity contribution in [3.63, 3.8) is 0 Å². The normalized spacial score (nSPS) is 11.2. The monoisotopic (exact) mass is 364 g/mol. The fourth-order valence-electron chi connectivity index (χ4n) is 2.19. The van der Waals surface area contributed by atoms with Crippen LogP contribution in [0.5, 0.6) is 11.5 Å². The largest absolute Gasteiger partial charge is 0.497 e. The van der Waals surface area contributed by atoms with E-state index in [1.165, 1.54) is 26.4 Å². The second kappa shape index (κ2) is 8.11. The van der Waals surface area contributed by atoms with Gasteiger partial charge in [0.15, 0.2) is 0 Å². The van der Waals surface area contributed by atoms with Gasteiger partial charge in [-0.3, -0.25) is 4.72 Å². The van der Waals surface area contributed by atoms with Crippen LogP contribution in [-0.2, 0) is 10.0 Å². The van der Waals surface area contributed by atoms with Crippen molar-refractivity contribution < 1.29 is 17.9 Å². The molecule has 0 aliphatic carbocycles. The minimum atomic E-state index is -3.77. The van der Waals surface area contributed by atoms with Gasteiger partial charge in [0.05, 0.1) is 14.2 Å². The van der Waals surface area contributed by atoms with Gasteiger partial charge < -0.3 is 14.8 Å². The number of hydrogen-bond donors (Lipinski definition) is 2. The molecule has 0 amide bonds. The van der Waals surface area contributed by atoms with Crippen molar-refractivity contribution in [1.29, 1.82) is 0 Å². The Kier molecular flexibility index (Phi) is 6.14. The standard InChI is InChI=1S/C18H24N2O4S/c1-13(2)12-19-14-5-7-15(8-6-14)20-25(21,22)18-10-9-16(23-3)11-17(18)24-4/h5-11,13,19-20H,12H2,1-4H3. The van der Waals surface area contributed by atoms with Gasteiger partial charge in [-0.05, 0) is 42.3 Å². The van der Waals surface area contributed by atoms with Crippen LogP contribution < -0.4 is 19.5 Å². The van der Waals surface area contributed by atoms with E-state index >= 15 is 0 Å². The second-order valence-electron chi connectivity index (χ2n) is 5.97. The summed E-state index contributed by atoms with van der Waals surface area (Å²) in [7, 11) is -0.841. The van der Waals surface area contributed by atoms with Crippen molar-refractivity contribution in [2.75, 3.05) is 30.8 Å². The van der Waals surface area contributed by atoms with Crippen LogP contribution in [-0.4, -0.2) is 29.2 Å². The molecule has 6 nitrogen and oxygen atoms in total. The molecule has 0 bridgehead atoms. The third-order valence-corrected chi connectivity index (χ3v) is 4.93. The van der Waals surface area contributed by atoms with E-state index in [4.69, 9.17) is 9.47 Å². The predicted molar refractivity (Wildman–Crippen MR) is 100 cm³/mol. The summed E-state index contributed by atoms with van der Waals surface area (Å²) in [5, 5.41) is 3.29. The van der Waals surface area contributed by atoms with E-state index in [1.54, 1.807) is 18.2 Å². The molecule has 136 valence electrons. The second-order valence-corrected chi connectivity index (χ2v) is 7.63. The van der Waals surface area contributed by atoms with Gasteiger partial charge in [-0.15, -0.1) is 0 Å². The number of methoxy groups -OCH3 is 2. The van der Waals surface area contributed by atoms with Gasteiger partial charge in [-0.25, -0.2) is 8.42 Å². The van der Waals surface area contributed by atoms with Crippen molar-refractivity contribution >= 4 is 21.4 Å². The van der Waals surface area contributed by atoms with Crippen LogP contribution in [0.15, 0.2) is 47.4 Å². The van der Waals surface area contributed by atoms with Crippen LogP contribution >= 0.6 is 0 Å². The van der Waals surface area contributed by atoms with Crippen molar-refractivity contribution in [3.05, 3.63) is 42.5 Å². The first-order valence-electron chi connectivity index (χ1n) is 7.94. The molecule has 0 atom stereocenters. The molecular weight excluding hydrogens is 340 g/mol. The lowest BCUT2D eigenvalue weighted by molar-refractivity contribution is 0.386. The highest BCUT2D eigenvalue weighted by atomic mass is 32.2. The van der Waals surface area contributed by atoms with Gasteiger partial charge >= 0.3 is 0 Å². The number of hydrogen-bond acceptors (Lipinski definition) is 5. The number of benzene rings is 2. The zero-order valence-electron chi connectivity index (χ0n) is 14.9. The zero-order chi connectivity index (χ0) is 18.4. The smallest absolute Gasteiger partial charge is 0.265 e. The van der Waals surface area contributed by atoms with Crippen molar-refractivity contribution in [2.45, 2.75) is 18.7 Å². The highest BCUT2D eigenvalue weighted by molar-refractivity contribution is 7.92. The molecule has 0 saturated heterocycles. The molecule has 0 radical (unpaired) electrons. The molecule has 2 rings (SSSR count). The van der Waals surface area contributed by atoms with Crippen molar-refractivity contribution in [2.24, 2.45) is 5.92 Å². The Balaban J connectivity index is 2.18. The van der Waals surface area contributed by atoms with Crippen LogP contribution in [0.3, 0.4) is 0 Å². The average molecular weight is 364 g/mol. The fourth-order valence-corrected chi connectivity index (χ4v) is 3.40.